The molecule has 1 aromatic heterocycles. The van der Waals surface area contributed by atoms with Crippen molar-refractivity contribution in [2.45, 2.75) is 13.3 Å². The molecule has 2 aromatic rings. The summed E-state index contributed by atoms with van der Waals surface area (Å²) in [5, 5.41) is 17.8. The number of rotatable bonds is 4. The smallest absolute Gasteiger partial charge is 0.229 e. The Morgan fingerprint density at radius 1 is 1.22 bits per heavy atom. The maximum Gasteiger partial charge on any atom is 0.229 e. The van der Waals surface area contributed by atoms with E-state index in [1.54, 1.807) is 37.3 Å². The van der Waals surface area contributed by atoms with Crippen molar-refractivity contribution >= 4 is 23.3 Å². The van der Waals surface area contributed by atoms with Gasteiger partial charge in [-0.1, -0.05) is 5.16 Å². The fourth-order valence-electron chi connectivity index (χ4n) is 2.28. The number of benzene rings is 1. The van der Waals surface area contributed by atoms with E-state index in [1.807, 2.05) is 6.07 Å². The van der Waals surface area contributed by atoms with E-state index in [0.717, 1.165) is 0 Å². The summed E-state index contributed by atoms with van der Waals surface area (Å²) >= 11 is 0. The van der Waals surface area contributed by atoms with E-state index in [2.05, 4.69) is 15.8 Å². The van der Waals surface area contributed by atoms with Crippen LogP contribution in [-0.2, 0) is 9.59 Å². The first-order valence-corrected chi connectivity index (χ1v) is 7.12. The lowest BCUT2D eigenvalue weighted by molar-refractivity contribution is -0.122. The molecule has 23 heavy (non-hydrogen) atoms. The first kappa shape index (κ1) is 14.8. The molecule has 2 amide bonds. The Morgan fingerprint density at radius 3 is 2.43 bits per heavy atom. The fraction of sp³-hybridized carbons (Fsp3) is 0.250. The first-order chi connectivity index (χ1) is 11.1. The minimum absolute atomic E-state index is 0.203. The van der Waals surface area contributed by atoms with Crippen LogP contribution < -0.4 is 10.6 Å². The number of nitriles is 1. The molecule has 3 rings (SSSR count). The Morgan fingerprint density at radius 2 is 1.87 bits per heavy atom. The van der Waals surface area contributed by atoms with Crippen LogP contribution in [0.1, 0.15) is 17.7 Å². The quantitative estimate of drug-likeness (QED) is 0.898. The van der Waals surface area contributed by atoms with E-state index in [4.69, 9.17) is 9.78 Å². The second-order valence-electron chi connectivity index (χ2n) is 5.44. The third-order valence-electron chi connectivity index (χ3n) is 3.62. The van der Waals surface area contributed by atoms with E-state index in [0.29, 0.717) is 29.2 Å². The number of nitrogens with zero attached hydrogens (tertiary/aromatic N) is 2. The number of nitrogens with one attached hydrogen (secondary N) is 2. The van der Waals surface area contributed by atoms with E-state index in [9.17, 15) is 9.59 Å². The molecule has 1 fully saturated rings. The summed E-state index contributed by atoms with van der Waals surface area (Å²) in [6.07, 6.45) is 0.505. The zero-order valence-corrected chi connectivity index (χ0v) is 12.4. The molecule has 0 radical (unpaired) electrons. The standard InChI is InChI=1S/C16H14N4O3/c1-9-6-14(20-23-9)19-16(22)13-7-12(13)15(21)18-11-4-2-10(8-17)3-5-11/h2-6,12-13H,7H2,1H3,(H,18,21)(H,19,20,22). The van der Waals surface area contributed by atoms with Gasteiger partial charge in [-0.15, -0.1) is 0 Å². The highest BCUT2D eigenvalue weighted by atomic mass is 16.5. The summed E-state index contributed by atoms with van der Waals surface area (Å²) in [5.74, 6) is -0.189. The van der Waals surface area contributed by atoms with Crippen LogP contribution >= 0.6 is 0 Å². The predicted molar refractivity (Wildman–Crippen MR) is 81.3 cm³/mol. The van der Waals surface area contributed by atoms with Gasteiger partial charge < -0.3 is 15.2 Å². The van der Waals surface area contributed by atoms with Crippen LogP contribution in [0.5, 0.6) is 0 Å². The lowest BCUT2D eigenvalue weighted by atomic mass is 10.2. The summed E-state index contributed by atoms with van der Waals surface area (Å²) in [5.41, 5.74) is 1.13. The average Bonchev–Trinajstić information content (AvgIpc) is 3.25. The Bertz CT molecular complexity index is 788. The van der Waals surface area contributed by atoms with Crippen LogP contribution in [0.25, 0.3) is 0 Å². The molecule has 7 nitrogen and oxygen atoms in total. The van der Waals surface area contributed by atoms with Crippen LogP contribution in [-0.4, -0.2) is 17.0 Å². The van der Waals surface area contributed by atoms with Crippen LogP contribution in [0, 0.1) is 30.1 Å². The minimum Gasteiger partial charge on any atom is -0.360 e. The van der Waals surface area contributed by atoms with Gasteiger partial charge in [-0.2, -0.15) is 5.26 Å². The maximum absolute atomic E-state index is 12.1. The highest BCUT2D eigenvalue weighted by Gasteiger charge is 2.48. The Balaban J connectivity index is 1.53. The van der Waals surface area contributed by atoms with Crippen molar-refractivity contribution in [3.05, 3.63) is 41.7 Å². The summed E-state index contributed by atoms with van der Waals surface area (Å²) in [7, 11) is 0. The van der Waals surface area contributed by atoms with Crippen LogP contribution in [0.3, 0.4) is 0 Å². The molecule has 2 unspecified atom stereocenters. The average molecular weight is 310 g/mol. The van der Waals surface area contributed by atoms with Crippen LogP contribution in [0.15, 0.2) is 34.9 Å². The molecule has 0 saturated heterocycles. The molecule has 1 heterocycles. The third kappa shape index (κ3) is 3.37. The lowest BCUT2D eigenvalue weighted by Crippen LogP contribution is -2.20. The van der Waals surface area contributed by atoms with Gasteiger partial charge in [0.25, 0.3) is 0 Å². The molecule has 1 saturated carbocycles. The van der Waals surface area contributed by atoms with E-state index in [1.165, 1.54) is 0 Å². The molecule has 2 atom stereocenters. The minimum atomic E-state index is -0.356. The van der Waals surface area contributed by atoms with Crippen molar-refractivity contribution in [3.63, 3.8) is 0 Å². The molecule has 7 heteroatoms. The second-order valence-corrected chi connectivity index (χ2v) is 5.44. The van der Waals surface area contributed by atoms with Gasteiger partial charge in [-0.3, -0.25) is 9.59 Å². The third-order valence-corrected chi connectivity index (χ3v) is 3.62. The maximum atomic E-state index is 12.1. The molecular weight excluding hydrogens is 296 g/mol. The van der Waals surface area contributed by atoms with Crippen molar-refractivity contribution in [1.29, 1.82) is 5.26 Å². The molecular formula is C16H14N4O3. The number of aryl methyl sites for hydroxylation is 1. The Kier molecular flexibility index (Phi) is 3.81. The molecule has 2 N–H and O–H groups in total. The SMILES string of the molecule is Cc1cc(NC(=O)C2CC2C(=O)Nc2ccc(C#N)cc2)no1. The van der Waals surface area contributed by atoms with E-state index >= 15 is 0 Å². The monoisotopic (exact) mass is 310 g/mol. The Hall–Kier alpha value is -3.14. The van der Waals surface area contributed by atoms with Gasteiger partial charge in [-0.05, 0) is 37.6 Å². The van der Waals surface area contributed by atoms with Crippen molar-refractivity contribution in [1.82, 2.24) is 5.16 Å². The number of carbonyl (C=O) groups excluding carboxylic acids is 2. The first-order valence-electron chi connectivity index (χ1n) is 7.12. The van der Waals surface area contributed by atoms with Crippen LogP contribution in [0.2, 0.25) is 0 Å². The number of hydrogen-bond acceptors (Lipinski definition) is 5. The van der Waals surface area contributed by atoms with Crippen molar-refractivity contribution in [2.24, 2.45) is 11.8 Å². The number of aromatic nitrogens is 1. The largest absolute Gasteiger partial charge is 0.360 e. The zero-order chi connectivity index (χ0) is 16.4. The van der Waals surface area contributed by atoms with Gasteiger partial charge in [0.05, 0.1) is 23.5 Å². The normalized spacial score (nSPS) is 18.8. The van der Waals surface area contributed by atoms with Gasteiger partial charge in [0, 0.05) is 11.8 Å². The second kappa shape index (κ2) is 5.93. The van der Waals surface area contributed by atoms with E-state index < -0.39 is 0 Å². The molecule has 0 bridgehead atoms. The van der Waals surface area contributed by atoms with Gasteiger partial charge in [-0.25, -0.2) is 0 Å². The highest BCUT2D eigenvalue weighted by molar-refractivity contribution is 6.02. The predicted octanol–water partition coefficient (Wildman–Crippen LogP) is 2.07. The van der Waals surface area contributed by atoms with Crippen molar-refractivity contribution < 1.29 is 14.1 Å². The van der Waals surface area contributed by atoms with Gasteiger partial charge in [0.1, 0.15) is 5.76 Å². The zero-order valence-electron chi connectivity index (χ0n) is 12.4. The lowest BCUT2D eigenvalue weighted by Gasteiger charge is -2.05. The Labute approximate surface area is 132 Å². The summed E-state index contributed by atoms with van der Waals surface area (Å²) < 4.78 is 4.87. The molecule has 0 spiro atoms. The molecule has 1 aliphatic rings. The molecule has 1 aromatic carbocycles. The highest BCUT2D eigenvalue weighted by Crippen LogP contribution is 2.40. The molecule has 0 aliphatic heterocycles. The topological polar surface area (TPSA) is 108 Å². The number of carbonyl (C=O) groups is 2. The van der Waals surface area contributed by atoms with Crippen LogP contribution in [0.4, 0.5) is 11.5 Å². The number of hydrogen-bond donors (Lipinski definition) is 2. The van der Waals surface area contributed by atoms with E-state index in [-0.39, 0.29) is 23.7 Å². The summed E-state index contributed by atoms with van der Waals surface area (Å²) in [6.45, 7) is 1.73. The van der Waals surface area contributed by atoms with Crippen molar-refractivity contribution in [2.75, 3.05) is 10.6 Å². The van der Waals surface area contributed by atoms with Gasteiger partial charge in [0.15, 0.2) is 5.82 Å². The van der Waals surface area contributed by atoms with Crippen molar-refractivity contribution in [3.8, 4) is 6.07 Å². The van der Waals surface area contributed by atoms with Gasteiger partial charge in [0.2, 0.25) is 11.8 Å². The summed E-state index contributed by atoms with van der Waals surface area (Å²) in [6, 6.07) is 10.2. The molecule has 116 valence electrons. The number of anilines is 2. The number of amides is 2. The van der Waals surface area contributed by atoms with Gasteiger partial charge >= 0.3 is 0 Å². The molecule has 1 aliphatic carbocycles. The fourth-order valence-corrected chi connectivity index (χ4v) is 2.28. The summed E-state index contributed by atoms with van der Waals surface area (Å²) in [4.78, 5) is 24.1.